The highest BCUT2D eigenvalue weighted by molar-refractivity contribution is 5.94. The van der Waals surface area contributed by atoms with Gasteiger partial charge in [0, 0.05) is 30.1 Å². The van der Waals surface area contributed by atoms with Crippen molar-refractivity contribution in [2.75, 3.05) is 11.9 Å². The molecule has 0 unspecified atom stereocenters. The van der Waals surface area contributed by atoms with Gasteiger partial charge in [-0.1, -0.05) is 25.1 Å². The van der Waals surface area contributed by atoms with Gasteiger partial charge >= 0.3 is 6.03 Å². The van der Waals surface area contributed by atoms with Crippen molar-refractivity contribution in [3.63, 3.8) is 0 Å². The summed E-state index contributed by atoms with van der Waals surface area (Å²) in [5, 5.41) is 11.8. The van der Waals surface area contributed by atoms with Crippen LogP contribution in [0.25, 0.3) is 5.69 Å². The molecule has 0 spiro atoms. The van der Waals surface area contributed by atoms with Gasteiger partial charge in [-0.2, -0.15) is 5.10 Å². The van der Waals surface area contributed by atoms with Crippen LogP contribution < -0.4 is 16.0 Å². The van der Waals surface area contributed by atoms with Gasteiger partial charge < -0.3 is 16.0 Å². The van der Waals surface area contributed by atoms with Crippen molar-refractivity contribution in [2.45, 2.75) is 19.9 Å². The Hall–Kier alpha value is -3.75. The number of nitrogens with one attached hydrogen (secondary N) is 3. The number of para-hydroxylation sites is 1. The van der Waals surface area contributed by atoms with Crippen LogP contribution in [-0.2, 0) is 17.8 Å². The van der Waals surface area contributed by atoms with Gasteiger partial charge in [0.25, 0.3) is 0 Å². The molecule has 156 valence electrons. The Balaban J connectivity index is 1.47. The van der Waals surface area contributed by atoms with E-state index in [1.807, 2.05) is 25.1 Å². The van der Waals surface area contributed by atoms with Gasteiger partial charge in [0.1, 0.15) is 11.5 Å². The van der Waals surface area contributed by atoms with Gasteiger partial charge in [-0.25, -0.2) is 18.3 Å². The Morgan fingerprint density at radius 2 is 1.90 bits per heavy atom. The molecule has 30 heavy (non-hydrogen) atoms. The molecule has 0 aliphatic heterocycles. The normalized spacial score (nSPS) is 10.5. The topological polar surface area (TPSA) is 88.1 Å². The number of hydrogen-bond donors (Lipinski definition) is 3. The Labute approximate surface area is 172 Å². The summed E-state index contributed by atoms with van der Waals surface area (Å²) in [6.45, 7) is 1.92. The average Bonchev–Trinajstić information content (AvgIpc) is 3.20. The highest BCUT2D eigenvalue weighted by atomic mass is 19.1. The fourth-order valence-corrected chi connectivity index (χ4v) is 2.80. The minimum atomic E-state index is -0.744. The number of aromatic nitrogens is 2. The van der Waals surface area contributed by atoms with Crippen LogP contribution >= 0.6 is 0 Å². The van der Waals surface area contributed by atoms with Gasteiger partial charge in [-0.05, 0) is 30.2 Å². The minimum Gasteiger partial charge on any atom is -0.334 e. The van der Waals surface area contributed by atoms with Crippen molar-refractivity contribution < 1.29 is 18.4 Å². The largest absolute Gasteiger partial charge is 0.334 e. The molecule has 1 aromatic heterocycles. The number of benzene rings is 2. The third kappa shape index (κ3) is 5.40. The summed E-state index contributed by atoms with van der Waals surface area (Å²) in [7, 11) is 0. The number of carbonyl (C=O) groups is 2. The summed E-state index contributed by atoms with van der Waals surface area (Å²) in [5.74, 6) is -1.76. The molecule has 3 aromatic rings. The Bertz CT molecular complexity index is 1050. The predicted octanol–water partition coefficient (Wildman–Crippen LogP) is 3.15. The van der Waals surface area contributed by atoms with E-state index >= 15 is 0 Å². The smallest absolute Gasteiger partial charge is 0.315 e. The van der Waals surface area contributed by atoms with Crippen molar-refractivity contribution >= 4 is 17.6 Å². The molecule has 3 rings (SSSR count). The average molecular weight is 413 g/mol. The predicted molar refractivity (Wildman–Crippen MR) is 108 cm³/mol. The lowest BCUT2D eigenvalue weighted by Gasteiger charge is -2.10. The zero-order chi connectivity index (χ0) is 21.5. The third-order valence-electron chi connectivity index (χ3n) is 4.33. The van der Waals surface area contributed by atoms with Gasteiger partial charge in [0.15, 0.2) is 5.82 Å². The van der Waals surface area contributed by atoms with Crippen LogP contribution in [0.2, 0.25) is 0 Å². The van der Waals surface area contributed by atoms with E-state index < -0.39 is 17.7 Å². The molecule has 0 aliphatic rings. The standard InChI is InChI=1S/C21H21F2N5O2/c1-2-15-5-3-4-6-18(15)27-20(29)12-25-21(30)24-10-14-11-26-28(13-14)19-8-7-16(22)9-17(19)23/h3-9,11,13H,2,10,12H2,1H3,(H,27,29)(H2,24,25,30). The SMILES string of the molecule is CCc1ccccc1NC(=O)CNC(=O)NCc1cnn(-c2ccc(F)cc2F)c1. The second kappa shape index (κ2) is 9.64. The molecule has 7 nitrogen and oxygen atoms in total. The van der Waals surface area contributed by atoms with Crippen LogP contribution in [0.1, 0.15) is 18.1 Å². The zero-order valence-electron chi connectivity index (χ0n) is 16.3. The fourth-order valence-electron chi connectivity index (χ4n) is 2.80. The minimum absolute atomic E-state index is 0.0936. The number of anilines is 1. The van der Waals surface area contributed by atoms with Crippen LogP contribution in [-0.4, -0.2) is 28.3 Å². The maximum atomic E-state index is 13.8. The lowest BCUT2D eigenvalue weighted by molar-refractivity contribution is -0.115. The molecule has 1 heterocycles. The Morgan fingerprint density at radius 1 is 1.10 bits per heavy atom. The second-order valence-electron chi connectivity index (χ2n) is 6.48. The monoisotopic (exact) mass is 413 g/mol. The van der Waals surface area contributed by atoms with Crippen LogP contribution in [0.3, 0.4) is 0 Å². The molecule has 0 bridgehead atoms. The number of rotatable bonds is 7. The number of carbonyl (C=O) groups excluding carboxylic acids is 2. The van der Waals surface area contributed by atoms with E-state index in [1.165, 1.54) is 23.1 Å². The summed E-state index contributed by atoms with van der Waals surface area (Å²) in [6.07, 6.45) is 3.75. The summed E-state index contributed by atoms with van der Waals surface area (Å²) >= 11 is 0. The first-order valence-electron chi connectivity index (χ1n) is 9.34. The summed E-state index contributed by atoms with van der Waals surface area (Å²) in [5.41, 5.74) is 2.42. The second-order valence-corrected chi connectivity index (χ2v) is 6.48. The van der Waals surface area contributed by atoms with Crippen LogP contribution in [0.4, 0.5) is 19.3 Å². The van der Waals surface area contributed by atoms with Crippen molar-refractivity contribution in [1.29, 1.82) is 0 Å². The maximum Gasteiger partial charge on any atom is 0.315 e. The van der Waals surface area contributed by atoms with Crippen LogP contribution in [0, 0.1) is 11.6 Å². The maximum absolute atomic E-state index is 13.8. The van der Waals surface area contributed by atoms with E-state index in [9.17, 15) is 18.4 Å². The van der Waals surface area contributed by atoms with Crippen molar-refractivity contribution in [3.05, 3.63) is 77.6 Å². The van der Waals surface area contributed by atoms with Crippen LogP contribution in [0.15, 0.2) is 54.9 Å². The molecule has 0 saturated heterocycles. The third-order valence-corrected chi connectivity index (χ3v) is 4.33. The Morgan fingerprint density at radius 3 is 2.67 bits per heavy atom. The molecule has 3 N–H and O–H groups in total. The van der Waals surface area contributed by atoms with E-state index in [1.54, 1.807) is 6.07 Å². The Kier molecular flexibility index (Phi) is 6.74. The molecule has 0 aliphatic carbocycles. The number of halogens is 2. The molecular formula is C21H21F2N5O2. The van der Waals surface area contributed by atoms with E-state index in [0.29, 0.717) is 11.3 Å². The van der Waals surface area contributed by atoms with E-state index in [4.69, 9.17) is 0 Å². The van der Waals surface area contributed by atoms with E-state index in [0.717, 1.165) is 24.1 Å². The first-order valence-corrected chi connectivity index (χ1v) is 9.34. The fraction of sp³-hybridized carbons (Fsp3) is 0.190. The van der Waals surface area contributed by atoms with Crippen molar-refractivity contribution in [2.24, 2.45) is 0 Å². The molecule has 3 amide bonds. The molecule has 0 fully saturated rings. The first kappa shape index (κ1) is 21.0. The quantitative estimate of drug-likeness (QED) is 0.556. The number of amides is 3. The summed E-state index contributed by atoms with van der Waals surface area (Å²) < 4.78 is 28.1. The highest BCUT2D eigenvalue weighted by Crippen LogP contribution is 2.15. The molecule has 2 aromatic carbocycles. The first-order chi connectivity index (χ1) is 14.5. The summed E-state index contributed by atoms with van der Waals surface area (Å²) in [6, 6.07) is 10.1. The number of urea groups is 1. The molecule has 0 saturated carbocycles. The van der Waals surface area contributed by atoms with E-state index in [-0.39, 0.29) is 24.7 Å². The molecule has 0 atom stereocenters. The van der Waals surface area contributed by atoms with Gasteiger partial charge in [0.05, 0.1) is 12.7 Å². The molecular weight excluding hydrogens is 392 g/mol. The summed E-state index contributed by atoms with van der Waals surface area (Å²) in [4.78, 5) is 24.0. The molecule has 0 radical (unpaired) electrons. The molecule has 9 heteroatoms. The van der Waals surface area contributed by atoms with Gasteiger partial charge in [0.2, 0.25) is 5.91 Å². The van der Waals surface area contributed by atoms with Crippen LogP contribution in [0.5, 0.6) is 0 Å². The number of hydrogen-bond acceptors (Lipinski definition) is 3. The lowest BCUT2D eigenvalue weighted by atomic mass is 10.1. The highest BCUT2D eigenvalue weighted by Gasteiger charge is 2.10. The van der Waals surface area contributed by atoms with Gasteiger partial charge in [-0.15, -0.1) is 0 Å². The van der Waals surface area contributed by atoms with Crippen molar-refractivity contribution in [1.82, 2.24) is 20.4 Å². The van der Waals surface area contributed by atoms with Crippen molar-refractivity contribution in [3.8, 4) is 5.69 Å². The van der Waals surface area contributed by atoms with E-state index in [2.05, 4.69) is 21.0 Å². The lowest BCUT2D eigenvalue weighted by Crippen LogP contribution is -2.39. The van der Waals surface area contributed by atoms with Gasteiger partial charge in [-0.3, -0.25) is 4.79 Å². The zero-order valence-corrected chi connectivity index (χ0v) is 16.3. The number of aryl methyl sites for hydroxylation is 1. The number of nitrogens with zero attached hydrogens (tertiary/aromatic N) is 2.